The number of hydrogen-bond donors (Lipinski definition) is 0. The van der Waals surface area contributed by atoms with Crippen molar-refractivity contribution >= 4 is 39.4 Å². The minimum atomic E-state index is 0.748. The summed E-state index contributed by atoms with van der Waals surface area (Å²) in [6, 6.07) is 27.3. The van der Waals surface area contributed by atoms with Crippen molar-refractivity contribution < 1.29 is 0 Å². The molecule has 0 aliphatic rings. The molecule has 0 amide bonds. The van der Waals surface area contributed by atoms with E-state index in [9.17, 15) is 5.26 Å². The molecule has 0 N–H and O–H groups in total. The first kappa shape index (κ1) is 16.9. The number of hydrogen-bond acceptors (Lipinski definition) is 2. The summed E-state index contributed by atoms with van der Waals surface area (Å²) in [5.41, 5.74) is 4.22. The molecule has 0 atom stereocenters. The quantitative estimate of drug-likeness (QED) is 0.330. The number of nitrogens with zero attached hydrogens (tertiary/aromatic N) is 2. The van der Waals surface area contributed by atoms with E-state index in [1.807, 2.05) is 32.3 Å². The topological polar surface area (TPSA) is 27.0 Å². The fourth-order valence-corrected chi connectivity index (χ4v) is 3.39. The first-order valence-electron chi connectivity index (χ1n) is 8.97. The molecule has 0 aliphatic carbocycles. The van der Waals surface area contributed by atoms with Crippen LogP contribution in [0.4, 0.5) is 5.69 Å². The van der Waals surface area contributed by atoms with Gasteiger partial charge >= 0.3 is 0 Å². The van der Waals surface area contributed by atoms with E-state index in [2.05, 4.69) is 77.7 Å². The zero-order valence-electron chi connectivity index (χ0n) is 15.5. The first-order chi connectivity index (χ1) is 13.2. The molecule has 0 spiro atoms. The summed E-state index contributed by atoms with van der Waals surface area (Å²) in [5.74, 6) is 0. The molecule has 0 aliphatic heterocycles. The van der Waals surface area contributed by atoms with Crippen LogP contribution in [0.3, 0.4) is 0 Å². The fraction of sp³-hybridized carbons (Fsp3) is 0.0800. The second-order valence-electron chi connectivity index (χ2n) is 6.88. The second-order valence-corrected chi connectivity index (χ2v) is 6.88. The van der Waals surface area contributed by atoms with Crippen LogP contribution in [0.15, 0.2) is 72.8 Å². The van der Waals surface area contributed by atoms with Crippen LogP contribution in [0, 0.1) is 11.3 Å². The third-order valence-electron chi connectivity index (χ3n) is 4.88. The van der Waals surface area contributed by atoms with Crippen LogP contribution < -0.4 is 4.90 Å². The van der Waals surface area contributed by atoms with Gasteiger partial charge in [-0.2, -0.15) is 5.26 Å². The molecule has 0 saturated carbocycles. The Hall–Kier alpha value is -3.57. The van der Waals surface area contributed by atoms with E-state index < -0.39 is 0 Å². The van der Waals surface area contributed by atoms with E-state index in [4.69, 9.17) is 0 Å². The van der Waals surface area contributed by atoms with E-state index in [-0.39, 0.29) is 0 Å². The molecule has 4 rings (SSSR count). The van der Waals surface area contributed by atoms with Gasteiger partial charge in [0.05, 0.1) is 5.56 Å². The van der Waals surface area contributed by atoms with Crippen molar-refractivity contribution in [3.8, 4) is 6.07 Å². The summed E-state index contributed by atoms with van der Waals surface area (Å²) in [6.45, 7) is 0. The number of rotatable bonds is 3. The molecule has 0 saturated heterocycles. The third kappa shape index (κ3) is 3.28. The second kappa shape index (κ2) is 6.97. The van der Waals surface area contributed by atoms with Crippen molar-refractivity contribution in [3.05, 3.63) is 89.5 Å². The van der Waals surface area contributed by atoms with E-state index in [0.29, 0.717) is 0 Å². The normalized spacial score (nSPS) is 11.1. The Balaban J connectivity index is 1.73. The molecular formula is C25H20N2. The largest absolute Gasteiger partial charge is 0.378 e. The maximum atomic E-state index is 9.65. The molecule has 4 aromatic carbocycles. The zero-order chi connectivity index (χ0) is 18.8. The first-order valence-corrected chi connectivity index (χ1v) is 8.97. The lowest BCUT2D eigenvalue weighted by Gasteiger charge is -2.11. The van der Waals surface area contributed by atoms with Crippen LogP contribution in [0.5, 0.6) is 0 Å². The van der Waals surface area contributed by atoms with Gasteiger partial charge in [-0.15, -0.1) is 0 Å². The summed E-state index contributed by atoms with van der Waals surface area (Å²) in [6.07, 6.45) is 4.23. The van der Waals surface area contributed by atoms with Gasteiger partial charge in [-0.25, -0.2) is 0 Å². The average Bonchev–Trinajstić information content (AvgIpc) is 2.70. The predicted octanol–water partition coefficient (Wildman–Crippen LogP) is 6.10. The SMILES string of the molecule is CN(C)c1ccc(C=Cc2ccc3c(C#N)c4ccccc4cc3c2)cc1. The standard InChI is InChI=1S/C25H20N2/c1-27(2)22-12-9-18(10-13-22)7-8-19-11-14-24-21(15-19)16-20-5-3-4-6-23(20)25(24)17-26/h3-16H,1-2H3. The lowest BCUT2D eigenvalue weighted by molar-refractivity contribution is 1.13. The molecule has 4 aromatic rings. The van der Waals surface area contributed by atoms with Gasteiger partial charge in [0, 0.05) is 30.6 Å². The molecule has 130 valence electrons. The van der Waals surface area contributed by atoms with Crippen LogP contribution in [0.25, 0.3) is 33.7 Å². The molecule has 0 unspecified atom stereocenters. The molecular weight excluding hydrogens is 328 g/mol. The molecule has 27 heavy (non-hydrogen) atoms. The zero-order valence-corrected chi connectivity index (χ0v) is 15.5. The third-order valence-corrected chi connectivity index (χ3v) is 4.88. The van der Waals surface area contributed by atoms with E-state index in [0.717, 1.165) is 38.2 Å². The summed E-state index contributed by atoms with van der Waals surface area (Å²) >= 11 is 0. The van der Waals surface area contributed by atoms with Crippen molar-refractivity contribution in [1.82, 2.24) is 0 Å². The maximum Gasteiger partial charge on any atom is 0.100 e. The van der Waals surface area contributed by atoms with E-state index in [1.54, 1.807) is 0 Å². The predicted molar refractivity (Wildman–Crippen MR) is 116 cm³/mol. The van der Waals surface area contributed by atoms with Crippen LogP contribution in [0.1, 0.15) is 16.7 Å². The maximum absolute atomic E-state index is 9.65. The average molecular weight is 348 g/mol. The number of nitriles is 1. The highest BCUT2D eigenvalue weighted by atomic mass is 15.1. The van der Waals surface area contributed by atoms with Gasteiger partial charge in [0.25, 0.3) is 0 Å². The lowest BCUT2D eigenvalue weighted by atomic mass is 9.96. The van der Waals surface area contributed by atoms with Crippen molar-refractivity contribution in [1.29, 1.82) is 5.26 Å². The molecule has 2 heteroatoms. The van der Waals surface area contributed by atoms with Crippen molar-refractivity contribution in [2.45, 2.75) is 0 Å². The van der Waals surface area contributed by atoms with Gasteiger partial charge in [-0.3, -0.25) is 0 Å². The molecule has 0 fully saturated rings. The van der Waals surface area contributed by atoms with Gasteiger partial charge in [-0.05, 0) is 46.2 Å². The smallest absolute Gasteiger partial charge is 0.100 e. The molecule has 2 nitrogen and oxygen atoms in total. The minimum absolute atomic E-state index is 0.748. The van der Waals surface area contributed by atoms with Crippen LogP contribution in [-0.4, -0.2) is 14.1 Å². The Labute approximate surface area is 159 Å². The molecule has 0 bridgehead atoms. The van der Waals surface area contributed by atoms with Gasteiger partial charge in [0.2, 0.25) is 0 Å². The Morgan fingerprint density at radius 2 is 1.41 bits per heavy atom. The Kier molecular flexibility index (Phi) is 4.36. The van der Waals surface area contributed by atoms with Crippen LogP contribution >= 0.6 is 0 Å². The van der Waals surface area contributed by atoms with Crippen molar-refractivity contribution in [2.24, 2.45) is 0 Å². The van der Waals surface area contributed by atoms with Gasteiger partial charge < -0.3 is 4.90 Å². The molecule has 0 aromatic heterocycles. The summed E-state index contributed by atoms with van der Waals surface area (Å²) < 4.78 is 0. The van der Waals surface area contributed by atoms with Gasteiger partial charge in [-0.1, -0.05) is 60.7 Å². The number of anilines is 1. The monoisotopic (exact) mass is 348 g/mol. The Bertz CT molecular complexity index is 1190. The number of fused-ring (bicyclic) bond motifs is 2. The van der Waals surface area contributed by atoms with Crippen molar-refractivity contribution in [3.63, 3.8) is 0 Å². The lowest BCUT2D eigenvalue weighted by Crippen LogP contribution is -2.07. The summed E-state index contributed by atoms with van der Waals surface area (Å²) in [7, 11) is 4.08. The Morgan fingerprint density at radius 1 is 0.741 bits per heavy atom. The van der Waals surface area contributed by atoms with E-state index >= 15 is 0 Å². The number of benzene rings is 4. The minimum Gasteiger partial charge on any atom is -0.378 e. The highest BCUT2D eigenvalue weighted by molar-refractivity contribution is 6.04. The van der Waals surface area contributed by atoms with Crippen molar-refractivity contribution in [2.75, 3.05) is 19.0 Å². The van der Waals surface area contributed by atoms with Crippen LogP contribution in [0.2, 0.25) is 0 Å². The van der Waals surface area contributed by atoms with E-state index in [1.165, 1.54) is 5.69 Å². The highest BCUT2D eigenvalue weighted by Gasteiger charge is 2.07. The fourth-order valence-electron chi connectivity index (χ4n) is 3.39. The summed E-state index contributed by atoms with van der Waals surface area (Å²) in [5, 5.41) is 13.9. The Morgan fingerprint density at radius 3 is 2.15 bits per heavy atom. The summed E-state index contributed by atoms with van der Waals surface area (Å²) in [4.78, 5) is 2.09. The van der Waals surface area contributed by atoms with Gasteiger partial charge in [0.15, 0.2) is 0 Å². The van der Waals surface area contributed by atoms with Crippen LogP contribution in [-0.2, 0) is 0 Å². The van der Waals surface area contributed by atoms with Gasteiger partial charge in [0.1, 0.15) is 6.07 Å². The highest BCUT2D eigenvalue weighted by Crippen LogP contribution is 2.29. The molecule has 0 radical (unpaired) electrons. The molecule has 0 heterocycles.